The Balaban J connectivity index is 1.49. The van der Waals surface area contributed by atoms with Crippen molar-refractivity contribution in [3.8, 4) is 5.75 Å². The summed E-state index contributed by atoms with van der Waals surface area (Å²) in [6.45, 7) is 3.47. The van der Waals surface area contributed by atoms with E-state index >= 15 is 0 Å². The van der Waals surface area contributed by atoms with E-state index in [0.717, 1.165) is 61.4 Å². The van der Waals surface area contributed by atoms with Gasteiger partial charge in [0.2, 0.25) is 5.95 Å². The number of carbonyl (C=O) groups is 2. The highest BCUT2D eigenvalue weighted by Gasteiger charge is 2.51. The first-order valence-corrected chi connectivity index (χ1v) is 13.9. The predicted molar refractivity (Wildman–Crippen MR) is 154 cm³/mol. The van der Waals surface area contributed by atoms with E-state index in [4.69, 9.17) is 21.3 Å². The minimum Gasteiger partial charge on any atom is -0.449 e. The standard InChI is InChI=1S/C30H34ClN5O4/c1-19-17-27(33-29(32-19)34(2)3)35-15-13-21(14-16-35)36(4,28(37)23-7-5-6-8-25(23)31)26-12-10-20-9-11-22(18-24(20)26)40-30(38)39/h5-9,11,17-18,21,26H,10,12-16H2,1-4H3/p+1. The molecule has 3 aromatic rings. The maximum absolute atomic E-state index is 14.5. The van der Waals surface area contributed by atoms with Gasteiger partial charge in [-0.15, -0.1) is 0 Å². The van der Waals surface area contributed by atoms with Gasteiger partial charge in [0.25, 0.3) is 0 Å². The number of amides is 1. The second kappa shape index (κ2) is 11.1. The Morgan fingerprint density at radius 3 is 2.48 bits per heavy atom. The molecule has 2 unspecified atom stereocenters. The third-order valence-electron chi connectivity index (χ3n) is 8.33. The van der Waals surface area contributed by atoms with Crippen LogP contribution < -0.4 is 14.5 Å². The van der Waals surface area contributed by atoms with E-state index in [-0.39, 0.29) is 28.2 Å². The van der Waals surface area contributed by atoms with Gasteiger partial charge in [-0.3, -0.25) is 0 Å². The van der Waals surface area contributed by atoms with E-state index in [1.54, 1.807) is 24.3 Å². The van der Waals surface area contributed by atoms with Gasteiger partial charge in [0.05, 0.1) is 23.7 Å². The Morgan fingerprint density at radius 2 is 1.80 bits per heavy atom. The van der Waals surface area contributed by atoms with Crippen molar-refractivity contribution in [1.29, 1.82) is 0 Å². The summed E-state index contributed by atoms with van der Waals surface area (Å²) in [5.41, 5.74) is 3.49. The molecule has 1 amide bonds. The molecule has 5 rings (SSSR count). The summed E-state index contributed by atoms with van der Waals surface area (Å²) in [6, 6.07) is 14.5. The molecular weight excluding hydrogens is 530 g/mol. The summed E-state index contributed by atoms with van der Waals surface area (Å²) >= 11 is 6.57. The number of anilines is 2. The average molecular weight is 565 g/mol. The van der Waals surface area contributed by atoms with Crippen molar-refractivity contribution in [3.05, 3.63) is 75.9 Å². The second-order valence-electron chi connectivity index (χ2n) is 11.0. The maximum atomic E-state index is 14.5. The van der Waals surface area contributed by atoms with Gasteiger partial charge in [-0.1, -0.05) is 29.8 Å². The number of halogens is 1. The average Bonchev–Trinajstić information content (AvgIpc) is 3.35. The number of piperidine rings is 1. The highest BCUT2D eigenvalue weighted by atomic mass is 35.5. The van der Waals surface area contributed by atoms with Crippen LogP contribution in [0.5, 0.6) is 5.75 Å². The van der Waals surface area contributed by atoms with E-state index in [1.807, 2.05) is 57.2 Å². The molecule has 40 heavy (non-hydrogen) atoms. The van der Waals surface area contributed by atoms with Crippen LogP contribution in [-0.2, 0) is 6.42 Å². The molecule has 2 heterocycles. The van der Waals surface area contributed by atoms with Crippen LogP contribution in [-0.4, -0.2) is 71.9 Å². The molecule has 210 valence electrons. The number of carbonyl (C=O) groups excluding carboxylic acids is 1. The number of hydrogen-bond acceptors (Lipinski definition) is 7. The fraction of sp³-hybridized carbons (Fsp3) is 0.400. The molecule has 0 spiro atoms. The number of ether oxygens (including phenoxy) is 1. The van der Waals surface area contributed by atoms with Crippen molar-refractivity contribution in [2.75, 3.05) is 44.0 Å². The Hall–Kier alpha value is -3.69. The van der Waals surface area contributed by atoms with Gasteiger partial charge in [-0.25, -0.2) is 19.1 Å². The number of rotatable bonds is 6. The maximum Gasteiger partial charge on any atom is 0.511 e. The topological polar surface area (TPSA) is 95.9 Å². The molecule has 1 saturated heterocycles. The summed E-state index contributed by atoms with van der Waals surface area (Å²) in [4.78, 5) is 39.2. The highest BCUT2D eigenvalue weighted by molar-refractivity contribution is 6.33. The minimum atomic E-state index is -1.36. The lowest BCUT2D eigenvalue weighted by molar-refractivity contribution is -0.887. The van der Waals surface area contributed by atoms with Crippen LogP contribution in [0.15, 0.2) is 48.5 Å². The Bertz CT molecular complexity index is 1440. The monoisotopic (exact) mass is 564 g/mol. The van der Waals surface area contributed by atoms with Crippen molar-refractivity contribution in [2.45, 2.75) is 44.7 Å². The zero-order valence-corrected chi connectivity index (χ0v) is 24.1. The van der Waals surface area contributed by atoms with Crippen LogP contribution in [0.25, 0.3) is 0 Å². The van der Waals surface area contributed by atoms with E-state index < -0.39 is 6.16 Å². The number of nitrogens with zero attached hydrogens (tertiary/aromatic N) is 5. The zero-order valence-electron chi connectivity index (χ0n) is 23.3. The van der Waals surface area contributed by atoms with Crippen molar-refractivity contribution in [1.82, 2.24) is 9.97 Å². The number of quaternary nitrogens is 1. The summed E-state index contributed by atoms with van der Waals surface area (Å²) in [6.07, 6.45) is 1.79. The number of aromatic nitrogens is 2. The Kier molecular flexibility index (Phi) is 7.70. The molecule has 2 aromatic carbocycles. The first-order chi connectivity index (χ1) is 19.1. The van der Waals surface area contributed by atoms with E-state index in [1.165, 1.54) is 0 Å². The number of hydrogen-bond donors (Lipinski definition) is 1. The van der Waals surface area contributed by atoms with Gasteiger partial charge in [-0.2, -0.15) is 4.98 Å². The molecular formula is C30H35ClN5O4+. The van der Waals surface area contributed by atoms with Gasteiger partial charge in [0.15, 0.2) is 0 Å². The van der Waals surface area contributed by atoms with Crippen LogP contribution in [0.2, 0.25) is 5.02 Å². The lowest BCUT2D eigenvalue weighted by atomic mass is 9.93. The smallest absolute Gasteiger partial charge is 0.449 e. The zero-order chi connectivity index (χ0) is 28.6. The summed E-state index contributed by atoms with van der Waals surface area (Å²) in [5.74, 6) is 1.80. The SMILES string of the molecule is Cc1cc(N2CCC([N+](C)(C(=O)c3ccccc3Cl)C3CCc4ccc(OC(=O)O)cc43)CC2)nc(N(C)C)n1. The third-order valence-corrected chi connectivity index (χ3v) is 8.66. The molecule has 1 aliphatic heterocycles. The van der Waals surface area contributed by atoms with Crippen LogP contribution >= 0.6 is 11.6 Å². The number of benzene rings is 2. The van der Waals surface area contributed by atoms with E-state index in [2.05, 4.69) is 9.88 Å². The van der Waals surface area contributed by atoms with Gasteiger partial charge in [0, 0.05) is 63.8 Å². The van der Waals surface area contributed by atoms with Crippen LogP contribution in [0, 0.1) is 6.92 Å². The Labute approximate surface area is 239 Å². The molecule has 0 radical (unpaired) electrons. The normalized spacial score (nSPS) is 18.6. The summed E-state index contributed by atoms with van der Waals surface area (Å²) in [7, 11) is 5.89. The van der Waals surface area contributed by atoms with Crippen molar-refractivity contribution in [2.24, 2.45) is 0 Å². The van der Waals surface area contributed by atoms with Crippen LogP contribution in [0.4, 0.5) is 16.6 Å². The lowest BCUT2D eigenvalue weighted by Crippen LogP contribution is -2.60. The predicted octanol–water partition coefficient (Wildman–Crippen LogP) is 5.50. The van der Waals surface area contributed by atoms with Crippen molar-refractivity contribution < 1.29 is 23.9 Å². The molecule has 1 aliphatic carbocycles. The van der Waals surface area contributed by atoms with Gasteiger partial charge in [0.1, 0.15) is 17.6 Å². The van der Waals surface area contributed by atoms with Gasteiger partial charge >= 0.3 is 12.1 Å². The van der Waals surface area contributed by atoms with E-state index in [9.17, 15) is 14.7 Å². The largest absolute Gasteiger partial charge is 0.511 e. The first kappa shape index (κ1) is 27.9. The number of aryl methyl sites for hydroxylation is 2. The van der Waals surface area contributed by atoms with Crippen LogP contribution in [0.3, 0.4) is 0 Å². The molecule has 1 fully saturated rings. The molecule has 0 saturated carbocycles. The molecule has 9 nitrogen and oxygen atoms in total. The quantitative estimate of drug-likeness (QED) is 0.238. The van der Waals surface area contributed by atoms with E-state index in [0.29, 0.717) is 16.5 Å². The fourth-order valence-corrected chi connectivity index (χ4v) is 6.48. The third kappa shape index (κ3) is 5.23. The molecule has 2 aliphatic rings. The van der Waals surface area contributed by atoms with Crippen molar-refractivity contribution >= 4 is 35.4 Å². The van der Waals surface area contributed by atoms with Gasteiger partial charge in [-0.05, 0) is 43.2 Å². The molecule has 10 heteroatoms. The summed E-state index contributed by atoms with van der Waals surface area (Å²) in [5, 5.41) is 9.62. The fourth-order valence-electron chi connectivity index (χ4n) is 6.27. The van der Waals surface area contributed by atoms with Crippen LogP contribution in [0.1, 0.15) is 52.5 Å². The lowest BCUT2D eigenvalue weighted by Gasteiger charge is -2.47. The Morgan fingerprint density at radius 1 is 1.07 bits per heavy atom. The van der Waals surface area contributed by atoms with Crippen molar-refractivity contribution in [3.63, 3.8) is 0 Å². The highest BCUT2D eigenvalue weighted by Crippen LogP contribution is 2.46. The van der Waals surface area contributed by atoms with Gasteiger partial charge < -0.3 is 19.6 Å². The molecule has 1 aromatic heterocycles. The molecule has 0 bridgehead atoms. The molecule has 2 atom stereocenters. The molecule has 1 N–H and O–H groups in total. The minimum absolute atomic E-state index is 0.0243. The summed E-state index contributed by atoms with van der Waals surface area (Å²) < 4.78 is 5.15. The number of carboxylic acid groups (broad SMARTS) is 1. The first-order valence-electron chi connectivity index (χ1n) is 13.5. The number of fused-ring (bicyclic) bond motifs is 1. The second-order valence-corrected chi connectivity index (χ2v) is 11.4.